The Morgan fingerprint density at radius 1 is 1.37 bits per heavy atom. The molecule has 7 heteroatoms. The summed E-state index contributed by atoms with van der Waals surface area (Å²) in [6, 6.07) is 1.85. The number of rotatable bonds is 4. The maximum absolute atomic E-state index is 12.2. The first kappa shape index (κ1) is 13.4. The second kappa shape index (κ2) is 5.75. The molecule has 2 aromatic rings. The Morgan fingerprint density at radius 3 is 2.79 bits per heavy atom. The molecule has 6 nitrogen and oxygen atoms in total. The zero-order valence-electron chi connectivity index (χ0n) is 11.0. The fraction of sp³-hybridized carbons (Fsp3) is 0.333. The van der Waals surface area contributed by atoms with Crippen LogP contribution in [0.4, 0.5) is 10.8 Å². The van der Waals surface area contributed by atoms with E-state index < -0.39 is 0 Å². The lowest BCUT2D eigenvalue weighted by Crippen LogP contribution is -2.15. The van der Waals surface area contributed by atoms with Gasteiger partial charge in [0.15, 0.2) is 0 Å². The number of nitrogens with zero attached hydrogens (tertiary/aromatic N) is 3. The number of nitrogens with one attached hydrogen (secondary N) is 2. The molecule has 0 aliphatic carbocycles. The largest absolute Gasteiger partial charge is 0.385 e. The summed E-state index contributed by atoms with van der Waals surface area (Å²) in [5.74, 6) is -0.236. The molecule has 0 radical (unpaired) electrons. The molecule has 2 aromatic heterocycles. The summed E-state index contributed by atoms with van der Waals surface area (Å²) in [5.41, 5.74) is 2.13. The lowest BCUT2D eigenvalue weighted by Gasteiger charge is -2.10. The van der Waals surface area contributed by atoms with E-state index in [0.717, 1.165) is 22.9 Å². The number of hydrogen-bond donors (Lipinski definition) is 2. The van der Waals surface area contributed by atoms with Gasteiger partial charge in [0.2, 0.25) is 5.13 Å². The fourth-order valence-corrected chi connectivity index (χ4v) is 2.18. The Morgan fingerprint density at radius 2 is 2.16 bits per heavy atom. The van der Waals surface area contributed by atoms with E-state index in [1.54, 1.807) is 6.20 Å². The minimum atomic E-state index is -0.236. The molecule has 0 spiro atoms. The maximum atomic E-state index is 12.2. The van der Waals surface area contributed by atoms with E-state index in [0.29, 0.717) is 10.7 Å². The third kappa shape index (κ3) is 3.25. The third-order valence-electron chi connectivity index (χ3n) is 2.40. The maximum Gasteiger partial charge on any atom is 0.261 e. The predicted molar refractivity (Wildman–Crippen MR) is 75.7 cm³/mol. The number of anilines is 2. The Kier molecular flexibility index (Phi) is 4.06. The van der Waals surface area contributed by atoms with E-state index in [-0.39, 0.29) is 5.91 Å². The van der Waals surface area contributed by atoms with Crippen LogP contribution >= 0.6 is 11.3 Å². The highest BCUT2D eigenvalue weighted by Crippen LogP contribution is 2.19. The number of aryl methyl sites for hydroxylation is 2. The van der Waals surface area contributed by atoms with Gasteiger partial charge in [0.1, 0.15) is 5.01 Å². The lowest BCUT2D eigenvalue weighted by molar-refractivity contribution is 0.102. The van der Waals surface area contributed by atoms with Crippen molar-refractivity contribution in [1.82, 2.24) is 15.2 Å². The number of carbonyl (C=O) groups excluding carboxylic acids is 1. The monoisotopic (exact) mass is 277 g/mol. The van der Waals surface area contributed by atoms with Crippen LogP contribution in [0.25, 0.3) is 0 Å². The highest BCUT2D eigenvalue weighted by atomic mass is 32.1. The first-order valence-corrected chi connectivity index (χ1v) is 6.73. The SMILES string of the molecule is CCNc1cc(C)ncc1C(=O)Nc1nnc(C)s1. The Bertz CT molecular complexity index is 596. The molecular formula is C12H15N5OS. The summed E-state index contributed by atoms with van der Waals surface area (Å²) in [7, 11) is 0. The Labute approximate surface area is 115 Å². The van der Waals surface area contributed by atoms with Crippen molar-refractivity contribution in [2.75, 3.05) is 17.2 Å². The molecule has 0 aromatic carbocycles. The van der Waals surface area contributed by atoms with Crippen molar-refractivity contribution in [2.24, 2.45) is 0 Å². The number of aromatic nitrogens is 3. The minimum Gasteiger partial charge on any atom is -0.385 e. The van der Waals surface area contributed by atoms with Gasteiger partial charge in [-0.2, -0.15) is 0 Å². The highest BCUT2D eigenvalue weighted by Gasteiger charge is 2.14. The van der Waals surface area contributed by atoms with Crippen molar-refractivity contribution in [1.29, 1.82) is 0 Å². The van der Waals surface area contributed by atoms with E-state index in [4.69, 9.17) is 0 Å². The second-order valence-electron chi connectivity index (χ2n) is 3.98. The number of hydrogen-bond acceptors (Lipinski definition) is 6. The van der Waals surface area contributed by atoms with Gasteiger partial charge in [0.25, 0.3) is 5.91 Å². The first-order chi connectivity index (χ1) is 9.10. The molecule has 2 heterocycles. The standard InChI is InChI=1S/C12H15N5OS/c1-4-13-10-5-7(2)14-6-9(10)11(18)15-12-17-16-8(3)19-12/h5-6H,4H2,1-3H3,(H,13,14)(H,15,17,18). The summed E-state index contributed by atoms with van der Waals surface area (Å²) in [4.78, 5) is 16.3. The molecule has 0 atom stereocenters. The third-order valence-corrected chi connectivity index (χ3v) is 3.15. The zero-order valence-corrected chi connectivity index (χ0v) is 11.8. The van der Waals surface area contributed by atoms with Gasteiger partial charge in [-0.25, -0.2) is 0 Å². The molecule has 0 fully saturated rings. The highest BCUT2D eigenvalue weighted by molar-refractivity contribution is 7.15. The normalized spacial score (nSPS) is 10.3. The average Bonchev–Trinajstić information content (AvgIpc) is 2.75. The molecule has 0 unspecified atom stereocenters. The van der Waals surface area contributed by atoms with Gasteiger partial charge in [-0.1, -0.05) is 11.3 Å². The fourth-order valence-electron chi connectivity index (χ4n) is 1.59. The van der Waals surface area contributed by atoms with Crippen molar-refractivity contribution >= 4 is 28.1 Å². The number of carbonyl (C=O) groups is 1. The quantitative estimate of drug-likeness (QED) is 0.896. The van der Waals surface area contributed by atoms with E-state index in [9.17, 15) is 4.79 Å². The van der Waals surface area contributed by atoms with Crippen LogP contribution in [0.5, 0.6) is 0 Å². The zero-order chi connectivity index (χ0) is 13.8. The van der Waals surface area contributed by atoms with E-state index in [1.165, 1.54) is 11.3 Å². The van der Waals surface area contributed by atoms with E-state index >= 15 is 0 Å². The molecule has 0 aliphatic heterocycles. The molecule has 0 aliphatic rings. The van der Waals surface area contributed by atoms with Gasteiger partial charge in [-0.15, -0.1) is 10.2 Å². The van der Waals surface area contributed by atoms with Gasteiger partial charge in [0, 0.05) is 18.4 Å². The van der Waals surface area contributed by atoms with Crippen LogP contribution in [0, 0.1) is 13.8 Å². The molecule has 100 valence electrons. The molecular weight excluding hydrogens is 262 g/mol. The molecule has 1 amide bonds. The summed E-state index contributed by atoms with van der Waals surface area (Å²) in [6.07, 6.45) is 1.57. The number of pyridine rings is 1. The van der Waals surface area contributed by atoms with Crippen LogP contribution < -0.4 is 10.6 Å². The van der Waals surface area contributed by atoms with E-state index in [2.05, 4.69) is 25.8 Å². The van der Waals surface area contributed by atoms with Crippen molar-refractivity contribution < 1.29 is 4.79 Å². The van der Waals surface area contributed by atoms with Crippen LogP contribution in [-0.4, -0.2) is 27.6 Å². The van der Waals surface area contributed by atoms with Crippen LogP contribution in [0.2, 0.25) is 0 Å². The van der Waals surface area contributed by atoms with Crippen molar-refractivity contribution in [3.63, 3.8) is 0 Å². The number of amides is 1. The van der Waals surface area contributed by atoms with Gasteiger partial charge >= 0.3 is 0 Å². The van der Waals surface area contributed by atoms with Gasteiger partial charge in [0.05, 0.1) is 11.3 Å². The van der Waals surface area contributed by atoms with Crippen LogP contribution in [0.15, 0.2) is 12.3 Å². The van der Waals surface area contributed by atoms with Crippen LogP contribution in [0.1, 0.15) is 28.0 Å². The van der Waals surface area contributed by atoms with Gasteiger partial charge < -0.3 is 5.32 Å². The summed E-state index contributed by atoms with van der Waals surface area (Å²) < 4.78 is 0. The van der Waals surface area contributed by atoms with Crippen molar-refractivity contribution in [3.8, 4) is 0 Å². The van der Waals surface area contributed by atoms with Crippen LogP contribution in [-0.2, 0) is 0 Å². The second-order valence-corrected chi connectivity index (χ2v) is 5.16. The Hall–Kier alpha value is -2.02. The smallest absolute Gasteiger partial charge is 0.261 e. The molecule has 19 heavy (non-hydrogen) atoms. The summed E-state index contributed by atoms with van der Waals surface area (Å²) >= 11 is 1.34. The van der Waals surface area contributed by atoms with Gasteiger partial charge in [-0.05, 0) is 26.8 Å². The molecule has 2 rings (SSSR count). The van der Waals surface area contributed by atoms with Crippen molar-refractivity contribution in [2.45, 2.75) is 20.8 Å². The predicted octanol–water partition coefficient (Wildman–Crippen LogP) is 2.23. The minimum absolute atomic E-state index is 0.236. The van der Waals surface area contributed by atoms with Gasteiger partial charge in [-0.3, -0.25) is 15.1 Å². The average molecular weight is 277 g/mol. The molecule has 2 N–H and O–H groups in total. The summed E-state index contributed by atoms with van der Waals surface area (Å²) in [6.45, 7) is 6.44. The Balaban J connectivity index is 2.23. The molecule has 0 bridgehead atoms. The lowest BCUT2D eigenvalue weighted by atomic mass is 10.2. The molecule has 0 saturated carbocycles. The van der Waals surface area contributed by atoms with E-state index in [1.807, 2.05) is 26.8 Å². The van der Waals surface area contributed by atoms with Crippen molar-refractivity contribution in [3.05, 3.63) is 28.5 Å². The topological polar surface area (TPSA) is 79.8 Å². The van der Waals surface area contributed by atoms with Crippen LogP contribution in [0.3, 0.4) is 0 Å². The molecule has 0 saturated heterocycles. The first-order valence-electron chi connectivity index (χ1n) is 5.92. The summed E-state index contributed by atoms with van der Waals surface area (Å²) in [5, 5.41) is 14.9.